The highest BCUT2D eigenvalue weighted by molar-refractivity contribution is 6.02. The van der Waals surface area contributed by atoms with Gasteiger partial charge < -0.3 is 15.2 Å². The van der Waals surface area contributed by atoms with Crippen LogP contribution in [0, 0.1) is 12.7 Å². The summed E-state index contributed by atoms with van der Waals surface area (Å²) < 4.78 is 15.5. The van der Waals surface area contributed by atoms with Crippen LogP contribution in [0.4, 0.5) is 4.39 Å². The first kappa shape index (κ1) is 18.2. The number of halogens is 1. The minimum Gasteiger partial charge on any atom is -0.366 e. The standard InChI is InChI=1S/C19H26FN3O/c1-5-16-18(14-7-9-15(20)10-8-14)17(19(21)24)13(2)23(16)12-6-11-22(3)4/h7-10H,5-6,11-12H2,1-4H3,(H2,21,24). The van der Waals surface area contributed by atoms with Crippen molar-refractivity contribution in [2.45, 2.75) is 33.2 Å². The van der Waals surface area contributed by atoms with Crippen molar-refractivity contribution in [2.24, 2.45) is 5.73 Å². The van der Waals surface area contributed by atoms with Crippen LogP contribution >= 0.6 is 0 Å². The number of carbonyl (C=O) groups excluding carboxylic acids is 1. The molecule has 2 N–H and O–H groups in total. The van der Waals surface area contributed by atoms with Gasteiger partial charge in [0.1, 0.15) is 5.82 Å². The summed E-state index contributed by atoms with van der Waals surface area (Å²) in [5.41, 5.74) is 9.84. The molecular formula is C19H26FN3O. The Morgan fingerprint density at radius 1 is 1.25 bits per heavy atom. The fourth-order valence-electron chi connectivity index (χ4n) is 3.24. The van der Waals surface area contributed by atoms with Crippen molar-refractivity contribution in [3.8, 4) is 11.1 Å². The van der Waals surface area contributed by atoms with Crippen molar-refractivity contribution < 1.29 is 9.18 Å². The zero-order chi connectivity index (χ0) is 17.9. The molecule has 0 bridgehead atoms. The summed E-state index contributed by atoms with van der Waals surface area (Å²) >= 11 is 0. The third-order valence-corrected chi connectivity index (χ3v) is 4.33. The number of primary amides is 1. The van der Waals surface area contributed by atoms with E-state index < -0.39 is 5.91 Å². The van der Waals surface area contributed by atoms with Crippen molar-refractivity contribution in [3.63, 3.8) is 0 Å². The van der Waals surface area contributed by atoms with Crippen molar-refractivity contribution in [1.29, 1.82) is 0 Å². The number of hydrogen-bond acceptors (Lipinski definition) is 2. The molecule has 2 rings (SSSR count). The first-order valence-corrected chi connectivity index (χ1v) is 8.29. The van der Waals surface area contributed by atoms with E-state index in [0.717, 1.165) is 48.4 Å². The average molecular weight is 331 g/mol. The molecule has 0 unspecified atom stereocenters. The Balaban J connectivity index is 2.55. The van der Waals surface area contributed by atoms with Crippen LogP contribution in [0.3, 0.4) is 0 Å². The van der Waals surface area contributed by atoms with Crippen molar-refractivity contribution in [3.05, 3.63) is 47.0 Å². The number of benzene rings is 1. The molecule has 1 heterocycles. The van der Waals surface area contributed by atoms with Crippen LogP contribution < -0.4 is 5.73 Å². The third kappa shape index (κ3) is 3.67. The Hall–Kier alpha value is -2.14. The van der Waals surface area contributed by atoms with E-state index in [2.05, 4.69) is 16.4 Å². The first-order chi connectivity index (χ1) is 11.4. The van der Waals surface area contributed by atoms with Crippen LogP contribution in [0.25, 0.3) is 11.1 Å². The van der Waals surface area contributed by atoms with Gasteiger partial charge in [0.15, 0.2) is 0 Å². The lowest BCUT2D eigenvalue weighted by Gasteiger charge is -2.14. The zero-order valence-corrected chi connectivity index (χ0v) is 14.9. The van der Waals surface area contributed by atoms with E-state index in [0.29, 0.717) is 5.56 Å². The molecule has 0 spiro atoms. The van der Waals surface area contributed by atoms with Crippen molar-refractivity contribution >= 4 is 5.91 Å². The molecule has 0 aliphatic heterocycles. The lowest BCUT2D eigenvalue weighted by atomic mass is 9.99. The van der Waals surface area contributed by atoms with Crippen LogP contribution in [0.5, 0.6) is 0 Å². The number of rotatable bonds is 7. The highest BCUT2D eigenvalue weighted by atomic mass is 19.1. The van der Waals surface area contributed by atoms with Gasteiger partial charge in [-0.25, -0.2) is 4.39 Å². The van der Waals surface area contributed by atoms with Crippen LogP contribution in [0.2, 0.25) is 0 Å². The minimum atomic E-state index is -0.437. The number of aromatic nitrogens is 1. The Kier molecular flexibility index (Phi) is 5.78. The van der Waals surface area contributed by atoms with Crippen LogP contribution in [0.1, 0.15) is 35.1 Å². The zero-order valence-electron chi connectivity index (χ0n) is 14.9. The smallest absolute Gasteiger partial charge is 0.251 e. The van der Waals surface area contributed by atoms with E-state index in [9.17, 15) is 9.18 Å². The second-order valence-corrected chi connectivity index (χ2v) is 6.32. The molecule has 0 aliphatic rings. The molecule has 130 valence electrons. The van der Waals surface area contributed by atoms with E-state index in [1.54, 1.807) is 12.1 Å². The molecule has 0 radical (unpaired) electrons. The van der Waals surface area contributed by atoms with Gasteiger partial charge in [0.2, 0.25) is 0 Å². The van der Waals surface area contributed by atoms with E-state index in [4.69, 9.17) is 5.73 Å². The SMILES string of the molecule is CCc1c(-c2ccc(F)cc2)c(C(N)=O)c(C)n1CCCN(C)C. The Morgan fingerprint density at radius 2 is 1.88 bits per heavy atom. The summed E-state index contributed by atoms with van der Waals surface area (Å²) in [4.78, 5) is 14.2. The summed E-state index contributed by atoms with van der Waals surface area (Å²) in [7, 11) is 4.09. The van der Waals surface area contributed by atoms with Gasteiger partial charge in [0.25, 0.3) is 5.91 Å². The van der Waals surface area contributed by atoms with Gasteiger partial charge in [0, 0.05) is 23.5 Å². The maximum atomic E-state index is 13.3. The molecule has 1 amide bonds. The molecule has 0 saturated carbocycles. The predicted octanol–water partition coefficient (Wildman–Crippen LogP) is 3.22. The highest BCUT2D eigenvalue weighted by Crippen LogP contribution is 2.33. The fourth-order valence-corrected chi connectivity index (χ4v) is 3.24. The molecule has 1 aromatic carbocycles. The average Bonchev–Trinajstić information content (AvgIpc) is 2.80. The normalized spacial score (nSPS) is 11.2. The minimum absolute atomic E-state index is 0.292. The van der Waals surface area contributed by atoms with E-state index >= 15 is 0 Å². The monoisotopic (exact) mass is 331 g/mol. The number of carbonyl (C=O) groups is 1. The third-order valence-electron chi connectivity index (χ3n) is 4.33. The molecule has 24 heavy (non-hydrogen) atoms. The molecule has 0 aliphatic carbocycles. The largest absolute Gasteiger partial charge is 0.366 e. The number of nitrogens with two attached hydrogens (primary N) is 1. The molecule has 4 nitrogen and oxygen atoms in total. The van der Waals surface area contributed by atoms with Gasteiger partial charge in [-0.05, 0) is 58.1 Å². The molecule has 1 aromatic heterocycles. The van der Waals surface area contributed by atoms with Crippen LogP contribution in [-0.4, -0.2) is 36.0 Å². The lowest BCUT2D eigenvalue weighted by molar-refractivity contribution is 0.1000. The Bertz CT molecular complexity index is 717. The Morgan fingerprint density at radius 3 is 2.38 bits per heavy atom. The van der Waals surface area contributed by atoms with E-state index in [-0.39, 0.29) is 5.82 Å². The second-order valence-electron chi connectivity index (χ2n) is 6.32. The summed E-state index contributed by atoms with van der Waals surface area (Å²) in [6, 6.07) is 6.25. The van der Waals surface area contributed by atoms with Gasteiger partial charge in [-0.15, -0.1) is 0 Å². The fraction of sp³-hybridized carbons (Fsp3) is 0.421. The molecule has 0 atom stereocenters. The lowest BCUT2D eigenvalue weighted by Crippen LogP contribution is -2.17. The summed E-state index contributed by atoms with van der Waals surface area (Å²) in [6.07, 6.45) is 1.76. The van der Waals surface area contributed by atoms with E-state index in [1.807, 2.05) is 21.0 Å². The summed E-state index contributed by atoms with van der Waals surface area (Å²) in [6.45, 7) is 5.80. The van der Waals surface area contributed by atoms with Crippen LogP contribution in [0.15, 0.2) is 24.3 Å². The van der Waals surface area contributed by atoms with Crippen molar-refractivity contribution in [2.75, 3.05) is 20.6 Å². The van der Waals surface area contributed by atoms with Crippen molar-refractivity contribution in [1.82, 2.24) is 9.47 Å². The van der Waals surface area contributed by atoms with Gasteiger partial charge in [-0.1, -0.05) is 19.1 Å². The molecule has 0 fully saturated rings. The quantitative estimate of drug-likeness (QED) is 0.847. The maximum Gasteiger partial charge on any atom is 0.251 e. The predicted molar refractivity (Wildman–Crippen MR) is 95.6 cm³/mol. The Labute approximate surface area is 143 Å². The van der Waals surface area contributed by atoms with E-state index in [1.165, 1.54) is 12.1 Å². The maximum absolute atomic E-state index is 13.3. The second kappa shape index (κ2) is 7.62. The first-order valence-electron chi connectivity index (χ1n) is 8.29. The van der Waals surface area contributed by atoms with Gasteiger partial charge in [-0.3, -0.25) is 4.79 Å². The van der Waals surface area contributed by atoms with Gasteiger partial charge in [0.05, 0.1) is 5.56 Å². The molecular weight excluding hydrogens is 305 g/mol. The number of hydrogen-bond donors (Lipinski definition) is 1. The number of nitrogens with zero attached hydrogens (tertiary/aromatic N) is 2. The van der Waals surface area contributed by atoms with Gasteiger partial charge >= 0.3 is 0 Å². The highest BCUT2D eigenvalue weighted by Gasteiger charge is 2.23. The van der Waals surface area contributed by atoms with Gasteiger partial charge in [-0.2, -0.15) is 0 Å². The van der Waals surface area contributed by atoms with Crippen LogP contribution in [-0.2, 0) is 13.0 Å². The topological polar surface area (TPSA) is 51.3 Å². The number of amides is 1. The molecule has 2 aromatic rings. The summed E-state index contributed by atoms with van der Waals surface area (Å²) in [5, 5.41) is 0. The summed E-state index contributed by atoms with van der Waals surface area (Å²) in [5.74, 6) is -0.729. The molecule has 0 saturated heterocycles. The molecule has 5 heteroatoms.